The summed E-state index contributed by atoms with van der Waals surface area (Å²) < 4.78 is 5.04. The zero-order chi connectivity index (χ0) is 13.0. The number of hydrogen-bond acceptors (Lipinski definition) is 4. The van der Waals surface area contributed by atoms with Gasteiger partial charge in [0.15, 0.2) is 0 Å². The molecule has 0 aliphatic carbocycles. The molecule has 0 radical (unpaired) electrons. The van der Waals surface area contributed by atoms with E-state index in [2.05, 4.69) is 15.9 Å². The van der Waals surface area contributed by atoms with Crippen LogP contribution in [-0.4, -0.2) is 22.8 Å². The molecule has 0 bridgehead atoms. The number of carbonyl (C=O) groups excluding carboxylic acids is 1. The van der Waals surface area contributed by atoms with Crippen molar-refractivity contribution in [1.82, 2.24) is 0 Å². The Balaban J connectivity index is 3.00. The van der Waals surface area contributed by atoms with Crippen LogP contribution in [-0.2, 0) is 11.2 Å². The molecule has 0 fully saturated rings. The summed E-state index contributed by atoms with van der Waals surface area (Å²) in [6.07, 6.45) is 0.316. The quantitative estimate of drug-likeness (QED) is 0.505. The number of nitrogens with two attached hydrogens (primary N) is 1. The van der Waals surface area contributed by atoms with Crippen LogP contribution in [0.3, 0.4) is 0 Å². The minimum atomic E-state index is -0.530. The summed E-state index contributed by atoms with van der Waals surface area (Å²) >= 11 is 3.13. The molecule has 0 saturated carbocycles. The van der Waals surface area contributed by atoms with Crippen molar-refractivity contribution in [1.29, 1.82) is 0 Å². The van der Waals surface area contributed by atoms with E-state index in [-0.39, 0.29) is 5.69 Å². The molecule has 17 heavy (non-hydrogen) atoms. The molecule has 2 N–H and O–H groups in total. The Labute approximate surface area is 106 Å². The molecule has 0 spiro atoms. The van der Waals surface area contributed by atoms with E-state index in [1.54, 1.807) is 6.07 Å². The van der Waals surface area contributed by atoms with Crippen molar-refractivity contribution in [3.8, 4) is 5.75 Å². The summed E-state index contributed by atoms with van der Waals surface area (Å²) in [7, 11) is 1.41. The number of methoxy groups -OCH3 is 1. The van der Waals surface area contributed by atoms with Crippen molar-refractivity contribution >= 4 is 27.5 Å². The van der Waals surface area contributed by atoms with E-state index in [1.165, 1.54) is 19.2 Å². The summed E-state index contributed by atoms with van der Waals surface area (Å²) in [4.78, 5) is 20.4. The SMILES string of the molecule is COc1cc([N+](=O)[O-])ccc1CC(Br)C(N)=O. The van der Waals surface area contributed by atoms with Crippen LogP contribution < -0.4 is 10.5 Å². The van der Waals surface area contributed by atoms with Crippen LogP contribution in [0.25, 0.3) is 0 Å². The Bertz CT molecular complexity index is 450. The predicted octanol–water partition coefficient (Wildman–Crippen LogP) is 1.39. The van der Waals surface area contributed by atoms with Crippen molar-refractivity contribution in [3.63, 3.8) is 0 Å². The van der Waals surface area contributed by atoms with E-state index < -0.39 is 15.7 Å². The van der Waals surface area contributed by atoms with Crippen LogP contribution in [0, 0.1) is 10.1 Å². The molecule has 0 heterocycles. The van der Waals surface area contributed by atoms with E-state index in [4.69, 9.17) is 10.5 Å². The van der Waals surface area contributed by atoms with Gasteiger partial charge in [0.05, 0.1) is 22.9 Å². The molecule has 1 atom stereocenters. The van der Waals surface area contributed by atoms with Gasteiger partial charge in [0.2, 0.25) is 5.91 Å². The highest BCUT2D eigenvalue weighted by molar-refractivity contribution is 9.10. The fourth-order valence-electron chi connectivity index (χ4n) is 1.31. The third-order valence-corrected chi connectivity index (χ3v) is 2.96. The number of nitrogens with zero attached hydrogens (tertiary/aromatic N) is 1. The summed E-state index contributed by atoms with van der Waals surface area (Å²) in [5.74, 6) is -0.129. The van der Waals surface area contributed by atoms with E-state index in [9.17, 15) is 14.9 Å². The average Bonchev–Trinajstić information content (AvgIpc) is 2.28. The number of halogens is 1. The Kier molecular flexibility index (Phi) is 4.45. The first-order valence-electron chi connectivity index (χ1n) is 4.70. The Morgan fingerprint density at radius 2 is 2.29 bits per heavy atom. The molecule has 0 aliphatic heterocycles. The van der Waals surface area contributed by atoms with Gasteiger partial charge in [-0.3, -0.25) is 14.9 Å². The molecule has 1 aromatic carbocycles. The first-order valence-corrected chi connectivity index (χ1v) is 5.62. The fourth-order valence-corrected chi connectivity index (χ4v) is 1.66. The van der Waals surface area contributed by atoms with Crippen LogP contribution in [0.5, 0.6) is 5.75 Å². The van der Waals surface area contributed by atoms with Gasteiger partial charge in [-0.25, -0.2) is 0 Å². The molecule has 1 unspecified atom stereocenters. The third kappa shape index (κ3) is 3.42. The van der Waals surface area contributed by atoms with Gasteiger partial charge in [-0.2, -0.15) is 0 Å². The van der Waals surface area contributed by atoms with Crippen LogP contribution in [0.2, 0.25) is 0 Å². The lowest BCUT2D eigenvalue weighted by Crippen LogP contribution is -2.25. The van der Waals surface area contributed by atoms with Crippen molar-refractivity contribution < 1.29 is 14.5 Å². The zero-order valence-corrected chi connectivity index (χ0v) is 10.6. The maximum atomic E-state index is 10.9. The molecule has 0 aliphatic rings. The minimum Gasteiger partial charge on any atom is -0.496 e. The summed E-state index contributed by atoms with van der Waals surface area (Å²) in [6, 6.07) is 4.22. The van der Waals surface area contributed by atoms with E-state index >= 15 is 0 Å². The monoisotopic (exact) mass is 302 g/mol. The van der Waals surface area contributed by atoms with Crippen LogP contribution in [0.1, 0.15) is 5.56 Å². The maximum absolute atomic E-state index is 10.9. The Morgan fingerprint density at radius 1 is 1.65 bits per heavy atom. The minimum absolute atomic E-state index is 0.0594. The number of nitro benzene ring substituents is 1. The second kappa shape index (κ2) is 5.62. The van der Waals surface area contributed by atoms with Gasteiger partial charge in [-0.05, 0) is 18.1 Å². The lowest BCUT2D eigenvalue weighted by molar-refractivity contribution is -0.384. The van der Waals surface area contributed by atoms with Crippen LogP contribution >= 0.6 is 15.9 Å². The van der Waals surface area contributed by atoms with E-state index in [0.29, 0.717) is 17.7 Å². The molecule has 1 aromatic rings. The summed E-state index contributed by atoms with van der Waals surface area (Å²) in [5, 5.41) is 10.6. The number of carbonyl (C=O) groups is 1. The first kappa shape index (κ1) is 13.4. The number of benzene rings is 1. The molecule has 1 rings (SSSR count). The molecule has 1 amide bonds. The van der Waals surface area contributed by atoms with Gasteiger partial charge < -0.3 is 10.5 Å². The van der Waals surface area contributed by atoms with Crippen molar-refractivity contribution in [2.24, 2.45) is 5.73 Å². The predicted molar refractivity (Wildman–Crippen MR) is 65.3 cm³/mol. The molecular formula is C10H11BrN2O4. The smallest absolute Gasteiger partial charge is 0.273 e. The van der Waals surface area contributed by atoms with E-state index in [1.807, 2.05) is 0 Å². The van der Waals surface area contributed by atoms with Crippen molar-refractivity contribution in [2.45, 2.75) is 11.2 Å². The van der Waals surface area contributed by atoms with Crippen molar-refractivity contribution in [3.05, 3.63) is 33.9 Å². The summed E-state index contributed by atoms with van der Waals surface area (Å²) in [5.41, 5.74) is 5.74. The highest BCUT2D eigenvalue weighted by atomic mass is 79.9. The van der Waals surface area contributed by atoms with Gasteiger partial charge in [-0.15, -0.1) is 0 Å². The number of nitro groups is 1. The standard InChI is InChI=1S/C10H11BrN2O4/c1-17-9-5-7(13(15)16)3-2-6(9)4-8(11)10(12)14/h2-3,5,8H,4H2,1H3,(H2,12,14). The van der Waals surface area contributed by atoms with Gasteiger partial charge in [0.25, 0.3) is 5.69 Å². The van der Waals surface area contributed by atoms with Gasteiger partial charge in [-0.1, -0.05) is 15.9 Å². The number of ether oxygens (including phenoxy) is 1. The maximum Gasteiger partial charge on any atom is 0.273 e. The molecule has 92 valence electrons. The molecule has 7 heteroatoms. The summed E-state index contributed by atoms with van der Waals surface area (Å²) in [6.45, 7) is 0. The number of non-ortho nitro benzene ring substituents is 1. The van der Waals surface area contributed by atoms with Gasteiger partial charge in [0.1, 0.15) is 5.75 Å². The highest BCUT2D eigenvalue weighted by Gasteiger charge is 2.17. The van der Waals surface area contributed by atoms with Crippen LogP contribution in [0.15, 0.2) is 18.2 Å². The zero-order valence-electron chi connectivity index (χ0n) is 9.05. The molecule has 6 nitrogen and oxygen atoms in total. The van der Waals surface area contributed by atoms with Crippen molar-refractivity contribution in [2.75, 3.05) is 7.11 Å². The highest BCUT2D eigenvalue weighted by Crippen LogP contribution is 2.26. The Morgan fingerprint density at radius 3 is 2.76 bits per heavy atom. The lowest BCUT2D eigenvalue weighted by Gasteiger charge is -2.10. The number of amides is 1. The van der Waals surface area contributed by atoms with Crippen LogP contribution in [0.4, 0.5) is 5.69 Å². The average molecular weight is 303 g/mol. The lowest BCUT2D eigenvalue weighted by atomic mass is 10.1. The van der Waals surface area contributed by atoms with E-state index in [0.717, 1.165) is 0 Å². The second-order valence-corrected chi connectivity index (χ2v) is 4.43. The molecule has 0 saturated heterocycles. The number of rotatable bonds is 5. The normalized spacial score (nSPS) is 11.9. The Hall–Kier alpha value is -1.63. The van der Waals surface area contributed by atoms with Gasteiger partial charge in [0, 0.05) is 6.07 Å². The third-order valence-electron chi connectivity index (χ3n) is 2.19. The van der Waals surface area contributed by atoms with Gasteiger partial charge >= 0.3 is 0 Å². The second-order valence-electron chi connectivity index (χ2n) is 3.33. The topological polar surface area (TPSA) is 95.5 Å². The number of hydrogen-bond donors (Lipinski definition) is 1. The molecular weight excluding hydrogens is 292 g/mol. The number of primary amides is 1. The molecule has 0 aromatic heterocycles. The first-order chi connectivity index (χ1) is 7.95. The fraction of sp³-hybridized carbons (Fsp3) is 0.300. The largest absolute Gasteiger partial charge is 0.496 e. The number of alkyl halides is 1.